The Bertz CT molecular complexity index is 412. The second-order valence-corrected chi connectivity index (χ2v) is 6.04. The summed E-state index contributed by atoms with van der Waals surface area (Å²) in [5.41, 5.74) is 2.62. The van der Waals surface area contributed by atoms with Crippen molar-refractivity contribution in [3.05, 3.63) is 28.8 Å². The topological polar surface area (TPSA) is 18.5 Å². The maximum Gasteiger partial charge on any atom is 0.0427 e. The van der Waals surface area contributed by atoms with Gasteiger partial charge in [-0.1, -0.05) is 31.5 Å². The quantitative estimate of drug-likeness (QED) is 0.915. The Labute approximate surface area is 121 Å². The van der Waals surface area contributed by atoms with E-state index in [0.717, 1.165) is 37.7 Å². The second kappa shape index (κ2) is 6.60. The van der Waals surface area contributed by atoms with Crippen molar-refractivity contribution in [2.24, 2.45) is 0 Å². The molecule has 0 spiro atoms. The molecule has 1 N–H and O–H groups in total. The molecule has 3 nitrogen and oxygen atoms in total. The average molecular weight is 282 g/mol. The van der Waals surface area contributed by atoms with E-state index in [1.807, 2.05) is 6.07 Å². The lowest BCUT2D eigenvalue weighted by Crippen LogP contribution is -2.45. The summed E-state index contributed by atoms with van der Waals surface area (Å²) in [5, 5.41) is 4.31. The monoisotopic (exact) mass is 281 g/mol. The fourth-order valence-corrected chi connectivity index (χ4v) is 2.51. The van der Waals surface area contributed by atoms with Crippen molar-refractivity contribution in [3.8, 4) is 0 Å². The van der Waals surface area contributed by atoms with Gasteiger partial charge in [0.15, 0.2) is 0 Å². The molecule has 0 aliphatic carbocycles. The minimum absolute atomic E-state index is 0.496. The fourth-order valence-electron chi connectivity index (χ4n) is 2.34. The van der Waals surface area contributed by atoms with Crippen LogP contribution in [-0.4, -0.2) is 44.2 Å². The molecule has 1 fully saturated rings. The van der Waals surface area contributed by atoms with E-state index in [2.05, 4.69) is 48.1 Å². The van der Waals surface area contributed by atoms with E-state index in [1.54, 1.807) is 0 Å². The smallest absolute Gasteiger partial charge is 0.0427 e. The van der Waals surface area contributed by atoms with Crippen molar-refractivity contribution in [3.63, 3.8) is 0 Å². The zero-order valence-electron chi connectivity index (χ0n) is 12.1. The summed E-state index contributed by atoms with van der Waals surface area (Å²) in [6.07, 6.45) is 0. The van der Waals surface area contributed by atoms with E-state index in [4.69, 9.17) is 11.6 Å². The molecule has 1 heterocycles. The first kappa shape index (κ1) is 14.6. The van der Waals surface area contributed by atoms with Gasteiger partial charge in [0.05, 0.1) is 0 Å². The van der Waals surface area contributed by atoms with E-state index in [9.17, 15) is 0 Å². The second-order valence-electron chi connectivity index (χ2n) is 5.60. The summed E-state index contributed by atoms with van der Waals surface area (Å²) in [7, 11) is 2.18. The molecule has 1 aliphatic rings. The number of nitrogens with zero attached hydrogens (tertiary/aromatic N) is 2. The summed E-state index contributed by atoms with van der Waals surface area (Å²) in [4.78, 5) is 4.82. The molecule has 2 rings (SSSR count). The van der Waals surface area contributed by atoms with E-state index in [0.29, 0.717) is 6.04 Å². The molecular formula is C15H24ClN3. The van der Waals surface area contributed by atoms with Crippen LogP contribution in [0.25, 0.3) is 0 Å². The van der Waals surface area contributed by atoms with Gasteiger partial charge < -0.3 is 15.1 Å². The van der Waals surface area contributed by atoms with Crippen molar-refractivity contribution >= 4 is 17.3 Å². The van der Waals surface area contributed by atoms with Crippen LogP contribution in [0.3, 0.4) is 0 Å². The number of piperazine rings is 1. The number of anilines is 1. The third-order valence-electron chi connectivity index (χ3n) is 3.59. The van der Waals surface area contributed by atoms with Gasteiger partial charge in [-0.05, 0) is 24.7 Å². The van der Waals surface area contributed by atoms with Gasteiger partial charge in [-0.2, -0.15) is 0 Å². The number of nitrogens with one attached hydrogen (secondary N) is 1. The van der Waals surface area contributed by atoms with Gasteiger partial charge >= 0.3 is 0 Å². The normalized spacial score (nSPS) is 17.2. The van der Waals surface area contributed by atoms with Crippen LogP contribution in [-0.2, 0) is 6.54 Å². The predicted octanol–water partition coefficient (Wildman–Crippen LogP) is 2.59. The molecule has 0 radical (unpaired) electrons. The van der Waals surface area contributed by atoms with Crippen molar-refractivity contribution < 1.29 is 0 Å². The molecule has 0 bridgehead atoms. The first-order valence-corrected chi connectivity index (χ1v) is 7.39. The molecule has 19 heavy (non-hydrogen) atoms. The zero-order chi connectivity index (χ0) is 13.8. The molecule has 106 valence electrons. The number of benzene rings is 1. The summed E-state index contributed by atoms with van der Waals surface area (Å²) < 4.78 is 0. The fraction of sp³-hybridized carbons (Fsp3) is 0.600. The highest BCUT2D eigenvalue weighted by Crippen LogP contribution is 2.26. The van der Waals surface area contributed by atoms with Gasteiger partial charge in [-0.3, -0.25) is 0 Å². The van der Waals surface area contributed by atoms with Gasteiger partial charge in [0.25, 0.3) is 0 Å². The number of likely N-dealkylation sites (N-methyl/N-ethyl adjacent to an activating group) is 1. The highest BCUT2D eigenvalue weighted by Gasteiger charge is 2.17. The van der Waals surface area contributed by atoms with Gasteiger partial charge in [0, 0.05) is 49.5 Å². The van der Waals surface area contributed by atoms with Crippen molar-refractivity contribution in [1.82, 2.24) is 10.2 Å². The molecule has 1 aromatic rings. The third kappa shape index (κ3) is 4.10. The summed E-state index contributed by atoms with van der Waals surface area (Å²) in [6, 6.07) is 6.73. The molecule has 1 aromatic carbocycles. The standard InChI is InChI=1S/C15H24ClN3/c1-12(2)17-11-13-4-5-14(16)10-15(13)19-8-6-18(3)7-9-19/h4-5,10,12,17H,6-9,11H2,1-3H3. The molecule has 4 heteroatoms. The molecule has 1 aliphatic heterocycles. The Kier molecular flexibility index (Phi) is 5.08. The molecule has 0 atom stereocenters. The van der Waals surface area contributed by atoms with E-state index in [1.165, 1.54) is 11.3 Å². The molecule has 1 saturated heterocycles. The zero-order valence-corrected chi connectivity index (χ0v) is 12.9. The van der Waals surface area contributed by atoms with Crippen LogP contribution in [0.1, 0.15) is 19.4 Å². The average Bonchev–Trinajstić information content (AvgIpc) is 2.38. The van der Waals surface area contributed by atoms with Crippen molar-refractivity contribution in [2.75, 3.05) is 38.1 Å². The van der Waals surface area contributed by atoms with Crippen LogP contribution in [0.2, 0.25) is 5.02 Å². The first-order valence-electron chi connectivity index (χ1n) is 7.01. The lowest BCUT2D eigenvalue weighted by atomic mass is 10.1. The summed E-state index contributed by atoms with van der Waals surface area (Å²) in [6.45, 7) is 9.62. The minimum Gasteiger partial charge on any atom is -0.369 e. The van der Waals surface area contributed by atoms with Crippen LogP contribution in [0.5, 0.6) is 0 Å². The van der Waals surface area contributed by atoms with Gasteiger partial charge in [-0.25, -0.2) is 0 Å². The van der Waals surface area contributed by atoms with Crippen LogP contribution in [0.4, 0.5) is 5.69 Å². The van der Waals surface area contributed by atoms with Crippen LogP contribution in [0.15, 0.2) is 18.2 Å². The minimum atomic E-state index is 0.496. The van der Waals surface area contributed by atoms with Gasteiger partial charge in [-0.15, -0.1) is 0 Å². The highest BCUT2D eigenvalue weighted by atomic mass is 35.5. The largest absolute Gasteiger partial charge is 0.369 e. The Morgan fingerprint density at radius 3 is 2.53 bits per heavy atom. The lowest BCUT2D eigenvalue weighted by molar-refractivity contribution is 0.312. The van der Waals surface area contributed by atoms with Gasteiger partial charge in [0.1, 0.15) is 0 Å². The van der Waals surface area contributed by atoms with E-state index < -0.39 is 0 Å². The van der Waals surface area contributed by atoms with Gasteiger partial charge in [0.2, 0.25) is 0 Å². The number of rotatable bonds is 4. The number of hydrogen-bond donors (Lipinski definition) is 1. The number of halogens is 1. The Balaban J connectivity index is 2.14. The Morgan fingerprint density at radius 1 is 1.21 bits per heavy atom. The molecule has 0 aromatic heterocycles. The third-order valence-corrected chi connectivity index (χ3v) is 3.83. The van der Waals surface area contributed by atoms with Crippen LogP contribution < -0.4 is 10.2 Å². The molecule has 0 unspecified atom stereocenters. The summed E-state index contributed by atoms with van der Waals surface area (Å²) >= 11 is 6.17. The van der Waals surface area contributed by atoms with Crippen molar-refractivity contribution in [2.45, 2.75) is 26.4 Å². The predicted molar refractivity (Wildman–Crippen MR) is 83.1 cm³/mol. The molecule has 0 amide bonds. The SMILES string of the molecule is CC(C)NCc1ccc(Cl)cc1N1CCN(C)CC1. The van der Waals surface area contributed by atoms with E-state index >= 15 is 0 Å². The molecular weight excluding hydrogens is 258 g/mol. The Hall–Kier alpha value is -0.770. The van der Waals surface area contributed by atoms with Crippen LogP contribution in [0, 0.1) is 0 Å². The highest BCUT2D eigenvalue weighted by molar-refractivity contribution is 6.30. The maximum absolute atomic E-state index is 6.17. The Morgan fingerprint density at radius 2 is 1.89 bits per heavy atom. The molecule has 0 saturated carbocycles. The van der Waals surface area contributed by atoms with Crippen molar-refractivity contribution in [1.29, 1.82) is 0 Å². The van der Waals surface area contributed by atoms with Crippen LogP contribution >= 0.6 is 11.6 Å². The maximum atomic E-state index is 6.17. The lowest BCUT2D eigenvalue weighted by Gasteiger charge is -2.35. The first-order chi connectivity index (χ1) is 9.06. The summed E-state index contributed by atoms with van der Waals surface area (Å²) in [5.74, 6) is 0. The van der Waals surface area contributed by atoms with E-state index in [-0.39, 0.29) is 0 Å². The number of hydrogen-bond acceptors (Lipinski definition) is 3.